The second kappa shape index (κ2) is 6.96. The minimum Gasteiger partial charge on any atom is -0.348 e. The molecule has 1 unspecified atom stereocenters. The van der Waals surface area contributed by atoms with Gasteiger partial charge in [-0.25, -0.2) is 14.6 Å². The van der Waals surface area contributed by atoms with E-state index in [1.807, 2.05) is 19.9 Å². The van der Waals surface area contributed by atoms with E-state index < -0.39 is 0 Å². The van der Waals surface area contributed by atoms with Crippen LogP contribution >= 0.6 is 11.3 Å². The first-order valence-electron chi connectivity index (χ1n) is 8.83. The Bertz CT molecular complexity index is 839. The molecule has 4 rings (SSSR count). The first-order chi connectivity index (χ1) is 12.2. The molecule has 0 saturated carbocycles. The van der Waals surface area contributed by atoms with Crippen molar-refractivity contribution in [3.05, 3.63) is 47.4 Å². The number of rotatable bonds is 4. The summed E-state index contributed by atoms with van der Waals surface area (Å²) in [5, 5.41) is 7.82. The third-order valence-corrected chi connectivity index (χ3v) is 5.65. The van der Waals surface area contributed by atoms with Gasteiger partial charge in [0.15, 0.2) is 5.13 Å². The van der Waals surface area contributed by atoms with E-state index in [1.54, 1.807) is 11.3 Å². The van der Waals surface area contributed by atoms with Gasteiger partial charge in [-0.1, -0.05) is 30.3 Å². The van der Waals surface area contributed by atoms with E-state index in [9.17, 15) is 0 Å². The third kappa shape index (κ3) is 3.58. The molecule has 1 aromatic carbocycles. The molecule has 2 aromatic heterocycles. The average Bonchev–Trinajstić information content (AvgIpc) is 3.23. The lowest BCUT2D eigenvalue weighted by Crippen LogP contribution is -2.37. The Morgan fingerprint density at radius 3 is 2.76 bits per heavy atom. The van der Waals surface area contributed by atoms with Gasteiger partial charge in [0.05, 0.1) is 5.69 Å². The molecule has 0 aliphatic carbocycles. The van der Waals surface area contributed by atoms with Crippen LogP contribution in [0.2, 0.25) is 0 Å². The van der Waals surface area contributed by atoms with Gasteiger partial charge in [-0.15, -0.1) is 11.3 Å². The highest BCUT2D eigenvalue weighted by atomic mass is 32.1. The number of hydrogen-bond acceptors (Lipinski definition) is 5. The Morgan fingerprint density at radius 1 is 1.16 bits per heavy atom. The van der Waals surface area contributed by atoms with E-state index in [0.717, 1.165) is 42.1 Å². The molecule has 25 heavy (non-hydrogen) atoms. The number of anilines is 1. The zero-order valence-corrected chi connectivity index (χ0v) is 15.5. The maximum absolute atomic E-state index is 4.88. The normalized spacial score (nSPS) is 17.8. The Balaban J connectivity index is 1.46. The summed E-state index contributed by atoms with van der Waals surface area (Å²) in [4.78, 5) is 11.7. The Morgan fingerprint density at radius 2 is 2.00 bits per heavy atom. The van der Waals surface area contributed by atoms with Gasteiger partial charge in [0.1, 0.15) is 11.6 Å². The van der Waals surface area contributed by atoms with E-state index in [0.29, 0.717) is 5.92 Å². The SMILES string of the molecule is Cc1nc(C)n(CC2CCCN(c3nc(-c4ccccc4)cs3)C2)n1. The largest absolute Gasteiger partial charge is 0.348 e. The summed E-state index contributed by atoms with van der Waals surface area (Å²) >= 11 is 1.75. The zero-order valence-electron chi connectivity index (χ0n) is 14.7. The summed E-state index contributed by atoms with van der Waals surface area (Å²) in [7, 11) is 0. The van der Waals surface area contributed by atoms with Crippen LogP contribution in [0.25, 0.3) is 11.3 Å². The van der Waals surface area contributed by atoms with Crippen LogP contribution in [-0.4, -0.2) is 32.8 Å². The van der Waals surface area contributed by atoms with Crippen LogP contribution in [-0.2, 0) is 6.54 Å². The summed E-state index contributed by atoms with van der Waals surface area (Å²) < 4.78 is 2.06. The first kappa shape index (κ1) is 16.3. The minimum absolute atomic E-state index is 0.595. The molecule has 0 amide bonds. The molecule has 0 radical (unpaired) electrons. The molecule has 0 N–H and O–H groups in total. The fourth-order valence-electron chi connectivity index (χ4n) is 3.52. The van der Waals surface area contributed by atoms with Crippen molar-refractivity contribution in [2.24, 2.45) is 5.92 Å². The van der Waals surface area contributed by atoms with Crippen molar-refractivity contribution in [3.63, 3.8) is 0 Å². The van der Waals surface area contributed by atoms with Crippen molar-refractivity contribution in [2.75, 3.05) is 18.0 Å². The Kier molecular flexibility index (Phi) is 4.53. The van der Waals surface area contributed by atoms with E-state index in [1.165, 1.54) is 18.4 Å². The Labute approximate surface area is 152 Å². The zero-order chi connectivity index (χ0) is 17.2. The lowest BCUT2D eigenvalue weighted by atomic mass is 9.98. The molecule has 3 heterocycles. The summed E-state index contributed by atoms with van der Waals surface area (Å²) in [6.07, 6.45) is 2.45. The number of piperidine rings is 1. The molecule has 1 aliphatic heterocycles. The van der Waals surface area contributed by atoms with Crippen molar-refractivity contribution in [1.82, 2.24) is 19.7 Å². The monoisotopic (exact) mass is 353 g/mol. The van der Waals surface area contributed by atoms with Gasteiger partial charge in [-0.05, 0) is 32.6 Å². The lowest BCUT2D eigenvalue weighted by Gasteiger charge is -2.32. The van der Waals surface area contributed by atoms with Gasteiger partial charge in [0.25, 0.3) is 0 Å². The topological polar surface area (TPSA) is 46.8 Å². The van der Waals surface area contributed by atoms with Gasteiger partial charge in [-0.3, -0.25) is 0 Å². The smallest absolute Gasteiger partial charge is 0.185 e. The molecule has 130 valence electrons. The number of nitrogens with zero attached hydrogens (tertiary/aromatic N) is 5. The first-order valence-corrected chi connectivity index (χ1v) is 9.71. The van der Waals surface area contributed by atoms with Crippen molar-refractivity contribution in [2.45, 2.75) is 33.2 Å². The molecule has 0 bridgehead atoms. The van der Waals surface area contributed by atoms with Crippen molar-refractivity contribution >= 4 is 16.5 Å². The van der Waals surface area contributed by atoms with Crippen LogP contribution in [0.1, 0.15) is 24.5 Å². The summed E-state index contributed by atoms with van der Waals surface area (Å²) in [6, 6.07) is 10.4. The predicted octanol–water partition coefficient (Wildman–Crippen LogP) is 3.94. The number of thiazole rings is 1. The maximum atomic E-state index is 4.88. The molecule has 1 aliphatic rings. The lowest BCUT2D eigenvalue weighted by molar-refractivity contribution is 0.347. The van der Waals surface area contributed by atoms with Crippen LogP contribution in [0.15, 0.2) is 35.7 Å². The number of hydrogen-bond donors (Lipinski definition) is 0. The molecule has 1 fully saturated rings. The highest BCUT2D eigenvalue weighted by Gasteiger charge is 2.23. The molecule has 1 atom stereocenters. The molecule has 0 spiro atoms. The van der Waals surface area contributed by atoms with Crippen LogP contribution in [0, 0.1) is 19.8 Å². The van der Waals surface area contributed by atoms with Crippen LogP contribution < -0.4 is 4.90 Å². The minimum atomic E-state index is 0.595. The highest BCUT2D eigenvalue weighted by molar-refractivity contribution is 7.14. The fourth-order valence-corrected chi connectivity index (χ4v) is 4.39. The standard InChI is InChI=1S/C19H23N5S/c1-14-20-15(2)24(22-14)12-16-7-6-10-23(11-16)19-21-18(13-25-19)17-8-4-3-5-9-17/h3-5,8-9,13,16H,6-7,10-12H2,1-2H3. The van der Waals surface area contributed by atoms with Crippen molar-refractivity contribution in [3.8, 4) is 11.3 Å². The molecule has 5 nitrogen and oxygen atoms in total. The van der Waals surface area contributed by atoms with Crippen LogP contribution in [0.3, 0.4) is 0 Å². The fraction of sp³-hybridized carbons (Fsp3) is 0.421. The molecule has 3 aromatic rings. The third-order valence-electron chi connectivity index (χ3n) is 4.74. The Hall–Kier alpha value is -2.21. The van der Waals surface area contributed by atoms with Gasteiger partial charge in [0, 0.05) is 30.6 Å². The van der Waals surface area contributed by atoms with E-state index in [-0.39, 0.29) is 0 Å². The van der Waals surface area contributed by atoms with Gasteiger partial charge < -0.3 is 4.90 Å². The van der Waals surface area contributed by atoms with E-state index in [2.05, 4.69) is 49.3 Å². The summed E-state index contributed by atoms with van der Waals surface area (Å²) in [6.45, 7) is 7.07. The van der Waals surface area contributed by atoms with Crippen LogP contribution in [0.4, 0.5) is 5.13 Å². The van der Waals surface area contributed by atoms with Crippen molar-refractivity contribution < 1.29 is 0 Å². The quantitative estimate of drug-likeness (QED) is 0.713. The summed E-state index contributed by atoms with van der Waals surface area (Å²) in [5.41, 5.74) is 2.26. The molecular formula is C19H23N5S. The molecule has 1 saturated heterocycles. The number of aryl methyl sites for hydroxylation is 2. The van der Waals surface area contributed by atoms with Gasteiger partial charge in [0.2, 0.25) is 0 Å². The summed E-state index contributed by atoms with van der Waals surface area (Å²) in [5.74, 6) is 2.46. The highest BCUT2D eigenvalue weighted by Crippen LogP contribution is 2.30. The molecule has 6 heteroatoms. The van der Waals surface area contributed by atoms with Crippen LogP contribution in [0.5, 0.6) is 0 Å². The van der Waals surface area contributed by atoms with E-state index in [4.69, 9.17) is 4.98 Å². The van der Waals surface area contributed by atoms with Gasteiger partial charge in [-0.2, -0.15) is 5.10 Å². The molecular weight excluding hydrogens is 330 g/mol. The predicted molar refractivity (Wildman–Crippen MR) is 102 cm³/mol. The maximum Gasteiger partial charge on any atom is 0.185 e. The number of aromatic nitrogens is 4. The second-order valence-electron chi connectivity index (χ2n) is 6.72. The second-order valence-corrected chi connectivity index (χ2v) is 7.56. The van der Waals surface area contributed by atoms with Gasteiger partial charge >= 0.3 is 0 Å². The number of benzene rings is 1. The van der Waals surface area contributed by atoms with Crippen molar-refractivity contribution in [1.29, 1.82) is 0 Å². The van der Waals surface area contributed by atoms with E-state index >= 15 is 0 Å². The average molecular weight is 353 g/mol.